The first-order valence-corrected chi connectivity index (χ1v) is 8.39. The van der Waals surface area contributed by atoms with Crippen LogP contribution in [0.4, 0.5) is 0 Å². The van der Waals surface area contributed by atoms with Crippen molar-refractivity contribution < 1.29 is 0 Å². The Morgan fingerprint density at radius 2 is 1.89 bits per heavy atom. The van der Waals surface area contributed by atoms with Crippen LogP contribution in [-0.4, -0.2) is 55.1 Å². The van der Waals surface area contributed by atoms with E-state index in [-0.39, 0.29) is 0 Å². The van der Waals surface area contributed by atoms with E-state index in [1.807, 2.05) is 0 Å². The molecule has 2 N–H and O–H groups in total. The Labute approximate surface area is 119 Å². The van der Waals surface area contributed by atoms with Gasteiger partial charge in [-0.2, -0.15) is 0 Å². The van der Waals surface area contributed by atoms with Gasteiger partial charge in [-0.3, -0.25) is 4.90 Å². The summed E-state index contributed by atoms with van der Waals surface area (Å²) in [4.78, 5) is 5.20. The monoisotopic (exact) mass is 267 g/mol. The zero-order valence-corrected chi connectivity index (χ0v) is 13.0. The van der Waals surface area contributed by atoms with Crippen molar-refractivity contribution >= 4 is 0 Å². The van der Waals surface area contributed by atoms with Gasteiger partial charge in [0.1, 0.15) is 0 Å². The molecule has 112 valence electrons. The summed E-state index contributed by atoms with van der Waals surface area (Å²) in [5.41, 5.74) is 6.09. The van der Waals surface area contributed by atoms with Crippen LogP contribution in [0.2, 0.25) is 0 Å². The van der Waals surface area contributed by atoms with Crippen LogP contribution < -0.4 is 5.73 Å². The minimum absolute atomic E-state index is 0.630. The smallest absolute Gasteiger partial charge is 0.0222 e. The van der Waals surface area contributed by atoms with Gasteiger partial charge in [0.15, 0.2) is 0 Å². The maximum absolute atomic E-state index is 6.09. The fourth-order valence-corrected chi connectivity index (χ4v) is 3.94. The molecule has 0 aromatic heterocycles. The average Bonchev–Trinajstić information content (AvgIpc) is 2.46. The molecule has 3 heteroatoms. The van der Waals surface area contributed by atoms with Crippen molar-refractivity contribution in [2.24, 2.45) is 11.7 Å². The molecule has 2 aliphatic rings. The van der Waals surface area contributed by atoms with Gasteiger partial charge < -0.3 is 10.6 Å². The Bertz CT molecular complexity index is 250. The first kappa shape index (κ1) is 15.3. The van der Waals surface area contributed by atoms with E-state index >= 15 is 0 Å². The molecule has 1 saturated heterocycles. The molecular weight excluding hydrogens is 234 g/mol. The molecule has 1 heterocycles. The standard InChI is InChI=1S/C16H33N3/c1-3-15-13-19(10-9-18(15)2)16(12-17)11-14-7-5-4-6-8-14/h14-16H,3-13,17H2,1-2H3. The maximum atomic E-state index is 6.09. The van der Waals surface area contributed by atoms with Crippen molar-refractivity contribution in [3.8, 4) is 0 Å². The topological polar surface area (TPSA) is 32.5 Å². The number of hydrogen-bond donors (Lipinski definition) is 1. The van der Waals surface area contributed by atoms with Gasteiger partial charge in [-0.15, -0.1) is 0 Å². The normalized spacial score (nSPS) is 29.5. The van der Waals surface area contributed by atoms with E-state index in [2.05, 4.69) is 23.8 Å². The largest absolute Gasteiger partial charge is 0.329 e. The molecule has 0 aromatic rings. The van der Waals surface area contributed by atoms with E-state index in [9.17, 15) is 0 Å². The fraction of sp³-hybridized carbons (Fsp3) is 1.00. The summed E-state index contributed by atoms with van der Waals surface area (Å²) in [7, 11) is 2.27. The van der Waals surface area contributed by atoms with Crippen molar-refractivity contribution in [3.05, 3.63) is 0 Å². The van der Waals surface area contributed by atoms with Crippen LogP contribution in [0.5, 0.6) is 0 Å². The maximum Gasteiger partial charge on any atom is 0.0222 e. The lowest BCUT2D eigenvalue weighted by Gasteiger charge is -2.43. The predicted octanol–water partition coefficient (Wildman–Crippen LogP) is 2.31. The van der Waals surface area contributed by atoms with Gasteiger partial charge in [0.05, 0.1) is 0 Å². The van der Waals surface area contributed by atoms with Gasteiger partial charge in [-0.05, 0) is 25.8 Å². The molecule has 1 saturated carbocycles. The summed E-state index contributed by atoms with van der Waals surface area (Å²) in [6.07, 6.45) is 9.84. The summed E-state index contributed by atoms with van der Waals surface area (Å²) in [6.45, 7) is 6.79. The Hall–Kier alpha value is -0.120. The Balaban J connectivity index is 1.86. The quantitative estimate of drug-likeness (QED) is 0.829. The van der Waals surface area contributed by atoms with E-state index in [0.717, 1.165) is 18.5 Å². The summed E-state index contributed by atoms with van der Waals surface area (Å²) in [5.74, 6) is 0.946. The molecule has 0 bridgehead atoms. The highest BCUT2D eigenvalue weighted by Crippen LogP contribution is 2.29. The van der Waals surface area contributed by atoms with Gasteiger partial charge in [0.25, 0.3) is 0 Å². The molecule has 2 fully saturated rings. The lowest BCUT2D eigenvalue weighted by Crippen LogP contribution is -2.56. The van der Waals surface area contributed by atoms with Gasteiger partial charge in [0.2, 0.25) is 0 Å². The number of rotatable bonds is 5. The lowest BCUT2D eigenvalue weighted by atomic mass is 9.84. The first-order chi connectivity index (χ1) is 9.24. The number of nitrogens with two attached hydrogens (primary N) is 1. The van der Waals surface area contributed by atoms with Gasteiger partial charge in [-0.25, -0.2) is 0 Å². The number of nitrogens with zero attached hydrogens (tertiary/aromatic N) is 2. The first-order valence-electron chi connectivity index (χ1n) is 8.39. The lowest BCUT2D eigenvalue weighted by molar-refractivity contribution is 0.0539. The van der Waals surface area contributed by atoms with Crippen LogP contribution in [0.3, 0.4) is 0 Å². The molecule has 1 aliphatic carbocycles. The molecule has 2 rings (SSSR count). The van der Waals surface area contributed by atoms with Crippen molar-refractivity contribution in [1.29, 1.82) is 0 Å². The van der Waals surface area contributed by atoms with E-state index in [0.29, 0.717) is 6.04 Å². The van der Waals surface area contributed by atoms with E-state index < -0.39 is 0 Å². The highest BCUT2D eigenvalue weighted by Gasteiger charge is 2.29. The van der Waals surface area contributed by atoms with Gasteiger partial charge in [-0.1, -0.05) is 39.0 Å². The second-order valence-electron chi connectivity index (χ2n) is 6.67. The van der Waals surface area contributed by atoms with Gasteiger partial charge in [0, 0.05) is 38.3 Å². The third kappa shape index (κ3) is 4.17. The third-order valence-corrected chi connectivity index (χ3v) is 5.40. The number of piperazine rings is 1. The van der Waals surface area contributed by atoms with Crippen LogP contribution >= 0.6 is 0 Å². The molecule has 1 aliphatic heterocycles. The molecule has 0 radical (unpaired) electrons. The van der Waals surface area contributed by atoms with Crippen molar-refractivity contribution in [2.45, 2.75) is 64.0 Å². The minimum Gasteiger partial charge on any atom is -0.329 e. The third-order valence-electron chi connectivity index (χ3n) is 5.40. The molecule has 0 spiro atoms. The van der Waals surface area contributed by atoms with Crippen LogP contribution in [0.1, 0.15) is 51.9 Å². The minimum atomic E-state index is 0.630. The zero-order chi connectivity index (χ0) is 13.7. The van der Waals surface area contributed by atoms with E-state index in [4.69, 9.17) is 5.73 Å². The molecule has 19 heavy (non-hydrogen) atoms. The van der Waals surface area contributed by atoms with Crippen LogP contribution in [0.15, 0.2) is 0 Å². The van der Waals surface area contributed by atoms with Gasteiger partial charge >= 0.3 is 0 Å². The number of likely N-dealkylation sites (N-methyl/N-ethyl adjacent to an activating group) is 1. The predicted molar refractivity (Wildman–Crippen MR) is 82.3 cm³/mol. The molecule has 0 amide bonds. The molecule has 2 atom stereocenters. The molecule has 2 unspecified atom stereocenters. The summed E-state index contributed by atoms with van der Waals surface area (Å²) in [6, 6.07) is 1.36. The highest BCUT2D eigenvalue weighted by atomic mass is 15.3. The molecule has 0 aromatic carbocycles. The Kier molecular flexibility index (Phi) is 6.11. The zero-order valence-electron chi connectivity index (χ0n) is 13.0. The number of hydrogen-bond acceptors (Lipinski definition) is 3. The summed E-state index contributed by atoms with van der Waals surface area (Å²) < 4.78 is 0. The highest BCUT2D eigenvalue weighted by molar-refractivity contribution is 4.85. The van der Waals surface area contributed by atoms with Crippen molar-refractivity contribution in [3.63, 3.8) is 0 Å². The molecular formula is C16H33N3. The summed E-state index contributed by atoms with van der Waals surface area (Å²) in [5, 5.41) is 0. The Morgan fingerprint density at radius 1 is 1.16 bits per heavy atom. The Morgan fingerprint density at radius 3 is 2.53 bits per heavy atom. The van der Waals surface area contributed by atoms with E-state index in [1.54, 1.807) is 0 Å². The van der Waals surface area contributed by atoms with Crippen LogP contribution in [-0.2, 0) is 0 Å². The SMILES string of the molecule is CCC1CN(C(CN)CC2CCCCC2)CCN1C. The van der Waals surface area contributed by atoms with Crippen molar-refractivity contribution in [2.75, 3.05) is 33.2 Å². The average molecular weight is 267 g/mol. The second-order valence-corrected chi connectivity index (χ2v) is 6.67. The van der Waals surface area contributed by atoms with E-state index in [1.165, 1.54) is 64.6 Å². The van der Waals surface area contributed by atoms with Crippen LogP contribution in [0, 0.1) is 5.92 Å². The van der Waals surface area contributed by atoms with Crippen molar-refractivity contribution in [1.82, 2.24) is 9.80 Å². The molecule has 3 nitrogen and oxygen atoms in total. The van der Waals surface area contributed by atoms with Crippen LogP contribution in [0.25, 0.3) is 0 Å². The fourth-order valence-electron chi connectivity index (χ4n) is 3.94. The summed E-state index contributed by atoms with van der Waals surface area (Å²) >= 11 is 0. The second kappa shape index (κ2) is 7.61.